The second-order valence-electron chi connectivity index (χ2n) is 5.73. The first kappa shape index (κ1) is 17.8. The molecular weight excluding hydrogens is 336 g/mol. The first-order valence-electron chi connectivity index (χ1n) is 8.61. The number of nitrogens with zero attached hydrogens (tertiary/aromatic N) is 2. The van der Waals surface area contributed by atoms with E-state index in [1.165, 1.54) is 10.0 Å². The number of fused-ring (bicyclic) bond motifs is 3. The summed E-state index contributed by atoms with van der Waals surface area (Å²) in [6.07, 6.45) is -0.566. The van der Waals surface area contributed by atoms with E-state index in [-0.39, 0.29) is 13.2 Å². The molecule has 7 heteroatoms. The molecular formula is C19H22N2O5. The number of ether oxygens (including phenoxy) is 3. The minimum atomic E-state index is -0.602. The zero-order valence-corrected chi connectivity index (χ0v) is 15.2. The highest BCUT2D eigenvalue weighted by molar-refractivity contribution is 5.98. The van der Waals surface area contributed by atoms with Gasteiger partial charge in [-0.15, -0.1) is 0 Å². The zero-order valence-electron chi connectivity index (χ0n) is 15.2. The maximum Gasteiger partial charge on any atom is 0.433 e. The number of hydrogen-bond acceptors (Lipinski definition) is 5. The van der Waals surface area contributed by atoms with Gasteiger partial charge < -0.3 is 14.2 Å². The van der Waals surface area contributed by atoms with Gasteiger partial charge in [-0.25, -0.2) is 14.6 Å². The van der Waals surface area contributed by atoms with Gasteiger partial charge in [-0.2, -0.15) is 5.01 Å². The number of hydrogen-bond donors (Lipinski definition) is 0. The SMILES string of the molecule is CCOC(=O)N1CCc2c(ccc3cc(OC)ccc23)N1C(=O)OCC. The van der Waals surface area contributed by atoms with Crippen LogP contribution in [0.4, 0.5) is 15.3 Å². The van der Waals surface area contributed by atoms with Crippen LogP contribution < -0.4 is 9.75 Å². The van der Waals surface area contributed by atoms with Crippen molar-refractivity contribution in [1.29, 1.82) is 0 Å². The van der Waals surface area contributed by atoms with E-state index in [2.05, 4.69) is 0 Å². The molecule has 1 heterocycles. The van der Waals surface area contributed by atoms with Crippen LogP contribution in [0, 0.1) is 0 Å². The van der Waals surface area contributed by atoms with Crippen LogP contribution in [-0.4, -0.2) is 44.1 Å². The van der Waals surface area contributed by atoms with Crippen molar-refractivity contribution in [3.05, 3.63) is 35.9 Å². The summed E-state index contributed by atoms with van der Waals surface area (Å²) in [5, 5.41) is 4.58. The molecule has 0 saturated heterocycles. The molecule has 1 aliphatic heterocycles. The highest BCUT2D eigenvalue weighted by atomic mass is 16.6. The van der Waals surface area contributed by atoms with E-state index in [0.29, 0.717) is 18.7 Å². The van der Waals surface area contributed by atoms with Crippen molar-refractivity contribution in [2.75, 3.05) is 31.9 Å². The number of hydrazine groups is 1. The molecule has 138 valence electrons. The quantitative estimate of drug-likeness (QED) is 0.836. The fourth-order valence-corrected chi connectivity index (χ4v) is 3.15. The summed E-state index contributed by atoms with van der Waals surface area (Å²) in [6.45, 7) is 4.23. The van der Waals surface area contributed by atoms with Crippen LogP contribution in [0.25, 0.3) is 10.8 Å². The van der Waals surface area contributed by atoms with Gasteiger partial charge in [0.15, 0.2) is 0 Å². The molecule has 7 nitrogen and oxygen atoms in total. The van der Waals surface area contributed by atoms with E-state index in [9.17, 15) is 9.59 Å². The lowest BCUT2D eigenvalue weighted by molar-refractivity contribution is 0.0903. The van der Waals surface area contributed by atoms with E-state index in [0.717, 1.165) is 22.1 Å². The summed E-state index contributed by atoms with van der Waals surface area (Å²) in [7, 11) is 1.62. The fourth-order valence-electron chi connectivity index (χ4n) is 3.15. The monoisotopic (exact) mass is 358 g/mol. The molecule has 26 heavy (non-hydrogen) atoms. The number of benzene rings is 2. The number of carbonyl (C=O) groups is 2. The molecule has 0 fully saturated rings. The fraction of sp³-hybridized carbons (Fsp3) is 0.368. The van der Waals surface area contributed by atoms with Crippen molar-refractivity contribution in [1.82, 2.24) is 5.01 Å². The number of rotatable bonds is 3. The first-order chi connectivity index (χ1) is 12.6. The van der Waals surface area contributed by atoms with Crippen molar-refractivity contribution >= 4 is 28.6 Å². The van der Waals surface area contributed by atoms with E-state index in [1.807, 2.05) is 30.3 Å². The Balaban J connectivity index is 2.09. The molecule has 0 unspecified atom stereocenters. The molecule has 0 radical (unpaired) electrons. The Kier molecular flexibility index (Phi) is 5.16. The van der Waals surface area contributed by atoms with Gasteiger partial charge in [0.05, 0.1) is 32.6 Å². The third-order valence-corrected chi connectivity index (χ3v) is 4.28. The molecule has 0 spiro atoms. The van der Waals surface area contributed by atoms with Crippen molar-refractivity contribution in [2.24, 2.45) is 0 Å². The highest BCUT2D eigenvalue weighted by Crippen LogP contribution is 2.35. The van der Waals surface area contributed by atoms with Crippen LogP contribution in [0.5, 0.6) is 5.75 Å². The van der Waals surface area contributed by atoms with Crippen LogP contribution in [-0.2, 0) is 15.9 Å². The normalized spacial score (nSPS) is 13.3. The lowest BCUT2D eigenvalue weighted by atomic mass is 9.98. The molecule has 2 aromatic carbocycles. The molecule has 0 bridgehead atoms. The lowest BCUT2D eigenvalue weighted by Crippen LogP contribution is -2.54. The lowest BCUT2D eigenvalue weighted by Gasteiger charge is -2.38. The topological polar surface area (TPSA) is 68.3 Å². The van der Waals surface area contributed by atoms with Gasteiger partial charge in [0.25, 0.3) is 0 Å². The summed E-state index contributed by atoms with van der Waals surface area (Å²) in [4.78, 5) is 24.9. The van der Waals surface area contributed by atoms with Gasteiger partial charge in [-0.05, 0) is 54.8 Å². The molecule has 2 amide bonds. The maximum absolute atomic E-state index is 12.6. The van der Waals surface area contributed by atoms with Crippen LogP contribution in [0.2, 0.25) is 0 Å². The van der Waals surface area contributed by atoms with E-state index in [1.54, 1.807) is 21.0 Å². The van der Waals surface area contributed by atoms with Crippen molar-refractivity contribution in [3.8, 4) is 5.75 Å². The van der Waals surface area contributed by atoms with Gasteiger partial charge in [-0.3, -0.25) is 0 Å². The average molecular weight is 358 g/mol. The van der Waals surface area contributed by atoms with Crippen LogP contribution in [0.1, 0.15) is 19.4 Å². The Morgan fingerprint density at radius 2 is 1.77 bits per heavy atom. The average Bonchev–Trinajstić information content (AvgIpc) is 2.66. The number of anilines is 1. The van der Waals surface area contributed by atoms with Crippen molar-refractivity contribution < 1.29 is 23.8 Å². The summed E-state index contributed by atoms with van der Waals surface area (Å²) < 4.78 is 15.5. The summed E-state index contributed by atoms with van der Waals surface area (Å²) >= 11 is 0. The largest absolute Gasteiger partial charge is 0.497 e. The van der Waals surface area contributed by atoms with Gasteiger partial charge in [0.2, 0.25) is 0 Å². The Bertz CT molecular complexity index is 836. The number of amides is 2. The second-order valence-corrected chi connectivity index (χ2v) is 5.73. The molecule has 2 aromatic rings. The smallest absolute Gasteiger partial charge is 0.433 e. The zero-order chi connectivity index (χ0) is 18.7. The summed E-state index contributed by atoms with van der Waals surface area (Å²) in [5.41, 5.74) is 1.61. The predicted octanol–water partition coefficient (Wildman–Crippen LogP) is 3.74. The van der Waals surface area contributed by atoms with Gasteiger partial charge in [0.1, 0.15) is 5.75 Å². The third-order valence-electron chi connectivity index (χ3n) is 4.28. The van der Waals surface area contributed by atoms with Gasteiger partial charge >= 0.3 is 12.2 Å². The van der Waals surface area contributed by atoms with Crippen molar-refractivity contribution in [3.63, 3.8) is 0 Å². The minimum absolute atomic E-state index is 0.214. The standard InChI is InChI=1S/C19H22N2O5/c1-4-25-18(22)20-11-10-16-15-8-7-14(24-3)12-13(15)6-9-17(16)21(20)19(23)26-5-2/h6-9,12H,4-5,10-11H2,1-3H3. The minimum Gasteiger partial charge on any atom is -0.497 e. The summed E-state index contributed by atoms with van der Waals surface area (Å²) in [6, 6.07) is 9.52. The van der Waals surface area contributed by atoms with Gasteiger partial charge in [0, 0.05) is 0 Å². The second kappa shape index (κ2) is 7.51. The molecule has 1 aliphatic rings. The Hall–Kier alpha value is -2.96. The van der Waals surface area contributed by atoms with Crippen LogP contribution >= 0.6 is 0 Å². The molecule has 3 rings (SSSR count). The van der Waals surface area contributed by atoms with Gasteiger partial charge in [-0.1, -0.05) is 12.1 Å². The Labute approximate surface area is 152 Å². The maximum atomic E-state index is 12.6. The van der Waals surface area contributed by atoms with E-state index >= 15 is 0 Å². The molecule has 0 atom stereocenters. The highest BCUT2D eigenvalue weighted by Gasteiger charge is 2.35. The Morgan fingerprint density at radius 1 is 1.04 bits per heavy atom. The van der Waals surface area contributed by atoms with E-state index in [4.69, 9.17) is 14.2 Å². The first-order valence-corrected chi connectivity index (χ1v) is 8.61. The third kappa shape index (κ3) is 3.12. The summed E-state index contributed by atoms with van der Waals surface area (Å²) in [5.74, 6) is 0.767. The van der Waals surface area contributed by atoms with Crippen molar-refractivity contribution in [2.45, 2.75) is 20.3 Å². The number of methoxy groups -OCH3 is 1. The van der Waals surface area contributed by atoms with Crippen LogP contribution in [0.15, 0.2) is 30.3 Å². The molecule has 0 aliphatic carbocycles. The molecule has 0 aromatic heterocycles. The molecule has 0 N–H and O–H groups in total. The van der Waals surface area contributed by atoms with Crippen LogP contribution in [0.3, 0.4) is 0 Å². The predicted molar refractivity (Wildman–Crippen MR) is 97.4 cm³/mol. The van der Waals surface area contributed by atoms with E-state index < -0.39 is 12.2 Å². The Morgan fingerprint density at radius 3 is 2.46 bits per heavy atom. The number of carbonyl (C=O) groups excluding carboxylic acids is 2. The molecule has 0 saturated carbocycles.